The van der Waals surface area contributed by atoms with Crippen molar-refractivity contribution < 1.29 is 23.1 Å². The number of pyridine rings is 1. The van der Waals surface area contributed by atoms with Gasteiger partial charge in [-0.1, -0.05) is 11.6 Å². The Morgan fingerprint density at radius 3 is 2.70 bits per heavy atom. The van der Waals surface area contributed by atoms with Gasteiger partial charge in [0.05, 0.1) is 17.3 Å². The number of carboxylic acid groups (broad SMARTS) is 1. The van der Waals surface area contributed by atoms with Gasteiger partial charge >= 0.3 is 12.1 Å². The average molecular weight is 306 g/mol. The van der Waals surface area contributed by atoms with E-state index < -0.39 is 23.5 Å². The van der Waals surface area contributed by atoms with E-state index in [4.69, 9.17) is 16.7 Å². The third-order valence-corrected chi connectivity index (χ3v) is 2.77. The van der Waals surface area contributed by atoms with Crippen molar-refractivity contribution in [2.24, 2.45) is 0 Å². The summed E-state index contributed by atoms with van der Waals surface area (Å²) in [6.45, 7) is -0.373. The largest absolute Gasteiger partial charge is 0.476 e. The number of halogens is 4. The smallest absolute Gasteiger partial charge is 0.433 e. The molecule has 2 heterocycles. The molecule has 2 aromatic heterocycles. The third-order valence-electron chi connectivity index (χ3n) is 2.42. The highest BCUT2D eigenvalue weighted by molar-refractivity contribution is 6.31. The molecule has 0 aliphatic carbocycles. The van der Waals surface area contributed by atoms with E-state index >= 15 is 0 Å². The summed E-state index contributed by atoms with van der Waals surface area (Å²) in [6.07, 6.45) is -3.35. The molecule has 0 saturated carbocycles. The van der Waals surface area contributed by atoms with E-state index in [9.17, 15) is 18.0 Å². The number of hydrogen-bond acceptors (Lipinski definition) is 3. The van der Waals surface area contributed by atoms with Crippen molar-refractivity contribution in [2.75, 3.05) is 0 Å². The maximum absolute atomic E-state index is 12.8. The average Bonchev–Trinajstić information content (AvgIpc) is 2.76. The Hall–Kier alpha value is -2.09. The van der Waals surface area contributed by atoms with Crippen molar-refractivity contribution in [3.05, 3.63) is 46.5 Å². The van der Waals surface area contributed by atoms with Gasteiger partial charge in [-0.25, -0.2) is 4.79 Å². The summed E-state index contributed by atoms with van der Waals surface area (Å²) in [5, 5.41) is 12.3. The fourth-order valence-electron chi connectivity index (χ4n) is 1.55. The number of carboxylic acids is 1. The lowest BCUT2D eigenvalue weighted by Gasteiger charge is -2.10. The van der Waals surface area contributed by atoms with E-state index in [1.807, 2.05) is 0 Å². The van der Waals surface area contributed by atoms with Crippen molar-refractivity contribution in [2.45, 2.75) is 12.7 Å². The highest BCUT2D eigenvalue weighted by Gasteiger charge is 2.36. The van der Waals surface area contributed by atoms with Crippen LogP contribution in [0.1, 0.15) is 21.9 Å². The molecule has 0 bridgehead atoms. The first-order valence-corrected chi connectivity index (χ1v) is 5.64. The van der Waals surface area contributed by atoms with E-state index in [0.29, 0.717) is 10.7 Å². The van der Waals surface area contributed by atoms with Gasteiger partial charge in [0.2, 0.25) is 0 Å². The number of aromatic carboxylic acids is 1. The van der Waals surface area contributed by atoms with Crippen LogP contribution in [0, 0.1) is 0 Å². The molecule has 0 unspecified atom stereocenters. The molecule has 9 heteroatoms. The number of aromatic nitrogens is 3. The van der Waals surface area contributed by atoms with Crippen LogP contribution >= 0.6 is 11.6 Å². The quantitative estimate of drug-likeness (QED) is 0.946. The maximum Gasteiger partial charge on any atom is 0.433 e. The van der Waals surface area contributed by atoms with Crippen LogP contribution in [0.25, 0.3) is 0 Å². The Morgan fingerprint density at radius 1 is 1.45 bits per heavy atom. The second-order valence-electron chi connectivity index (χ2n) is 3.81. The Kier molecular flexibility index (Phi) is 3.67. The highest BCUT2D eigenvalue weighted by atomic mass is 35.5. The van der Waals surface area contributed by atoms with Crippen LogP contribution in [-0.4, -0.2) is 25.8 Å². The van der Waals surface area contributed by atoms with Crippen molar-refractivity contribution in [1.29, 1.82) is 0 Å². The molecule has 0 aliphatic rings. The summed E-state index contributed by atoms with van der Waals surface area (Å²) in [7, 11) is 0. The molecule has 0 saturated heterocycles. The molecule has 0 spiro atoms. The standard InChI is InChI=1S/C11H7ClF3N3O2/c12-6-2-1-3-16-8(6)5-18-9(11(13,14)15)4-7(17-18)10(19)20/h1-4H,5H2,(H,19,20). The maximum atomic E-state index is 12.8. The lowest BCUT2D eigenvalue weighted by Crippen LogP contribution is -2.16. The summed E-state index contributed by atoms with van der Waals surface area (Å²) in [6, 6.07) is 3.47. The van der Waals surface area contributed by atoms with E-state index in [0.717, 1.165) is 0 Å². The minimum absolute atomic E-state index is 0.166. The van der Waals surface area contributed by atoms with Gasteiger partial charge < -0.3 is 5.11 Å². The molecule has 106 valence electrons. The minimum Gasteiger partial charge on any atom is -0.476 e. The van der Waals surface area contributed by atoms with Crippen molar-refractivity contribution in [1.82, 2.24) is 14.8 Å². The molecule has 1 N–H and O–H groups in total. The van der Waals surface area contributed by atoms with Crippen LogP contribution in [0.15, 0.2) is 24.4 Å². The zero-order chi connectivity index (χ0) is 14.9. The lowest BCUT2D eigenvalue weighted by atomic mass is 10.3. The molecule has 5 nitrogen and oxygen atoms in total. The Bertz CT molecular complexity index is 655. The second kappa shape index (κ2) is 5.12. The van der Waals surface area contributed by atoms with E-state index in [1.165, 1.54) is 18.3 Å². The van der Waals surface area contributed by atoms with Crippen LogP contribution < -0.4 is 0 Å². The van der Waals surface area contributed by atoms with Gasteiger partial charge in [-0.3, -0.25) is 9.67 Å². The second-order valence-corrected chi connectivity index (χ2v) is 4.21. The molecule has 20 heavy (non-hydrogen) atoms. The topological polar surface area (TPSA) is 68.0 Å². The molecule has 0 radical (unpaired) electrons. The number of alkyl halides is 3. The van der Waals surface area contributed by atoms with E-state index in [1.54, 1.807) is 0 Å². The fraction of sp³-hybridized carbons (Fsp3) is 0.182. The highest BCUT2D eigenvalue weighted by Crippen LogP contribution is 2.30. The first-order chi connectivity index (χ1) is 9.29. The molecule has 2 rings (SSSR count). The molecule has 0 atom stereocenters. The number of nitrogens with zero attached hydrogens (tertiary/aromatic N) is 3. The Balaban J connectivity index is 2.45. The van der Waals surface area contributed by atoms with Crippen molar-refractivity contribution >= 4 is 17.6 Å². The molecular formula is C11H7ClF3N3O2. The molecular weight excluding hydrogens is 299 g/mol. The summed E-state index contributed by atoms with van der Waals surface area (Å²) >= 11 is 5.81. The van der Waals surface area contributed by atoms with Crippen LogP contribution in [0.2, 0.25) is 5.02 Å². The minimum atomic E-state index is -4.72. The zero-order valence-electron chi connectivity index (χ0n) is 9.73. The first-order valence-electron chi connectivity index (χ1n) is 5.27. The van der Waals surface area contributed by atoms with Gasteiger partial charge in [0.25, 0.3) is 0 Å². The van der Waals surface area contributed by atoms with Gasteiger partial charge in [0.15, 0.2) is 5.69 Å². The van der Waals surface area contributed by atoms with Crippen LogP contribution in [0.5, 0.6) is 0 Å². The SMILES string of the molecule is O=C(O)c1cc(C(F)(F)F)n(Cc2ncccc2Cl)n1. The molecule has 0 amide bonds. The lowest BCUT2D eigenvalue weighted by molar-refractivity contribution is -0.144. The first kappa shape index (κ1) is 14.3. The molecule has 0 aliphatic heterocycles. The van der Waals surface area contributed by atoms with Crippen LogP contribution in [0.4, 0.5) is 13.2 Å². The molecule has 2 aromatic rings. The predicted octanol–water partition coefficient (Wildman–Crippen LogP) is 2.70. The van der Waals surface area contributed by atoms with Crippen molar-refractivity contribution in [3.8, 4) is 0 Å². The number of hydrogen-bond donors (Lipinski definition) is 1. The third kappa shape index (κ3) is 2.90. The van der Waals surface area contributed by atoms with Crippen molar-refractivity contribution in [3.63, 3.8) is 0 Å². The molecule has 0 fully saturated rings. The van der Waals surface area contributed by atoms with E-state index in [-0.39, 0.29) is 17.3 Å². The summed E-state index contributed by atoms with van der Waals surface area (Å²) < 4.78 is 39.0. The zero-order valence-corrected chi connectivity index (χ0v) is 10.5. The summed E-state index contributed by atoms with van der Waals surface area (Å²) in [5.74, 6) is -1.54. The Morgan fingerprint density at radius 2 is 2.15 bits per heavy atom. The Labute approximate surface area is 115 Å². The number of rotatable bonds is 3. The summed E-state index contributed by atoms with van der Waals surface area (Å²) in [4.78, 5) is 14.6. The van der Waals surface area contributed by atoms with Crippen LogP contribution in [-0.2, 0) is 12.7 Å². The van der Waals surface area contributed by atoms with Gasteiger partial charge in [-0.05, 0) is 12.1 Å². The van der Waals surface area contributed by atoms with Gasteiger partial charge in [0, 0.05) is 12.3 Å². The fourth-order valence-corrected chi connectivity index (χ4v) is 1.73. The predicted molar refractivity (Wildman–Crippen MR) is 62.5 cm³/mol. The van der Waals surface area contributed by atoms with Gasteiger partial charge in [-0.2, -0.15) is 18.3 Å². The van der Waals surface area contributed by atoms with E-state index in [2.05, 4.69) is 10.1 Å². The number of carbonyl (C=O) groups is 1. The summed E-state index contributed by atoms with van der Waals surface area (Å²) in [5.41, 5.74) is -1.69. The normalized spacial score (nSPS) is 11.6. The van der Waals surface area contributed by atoms with Gasteiger partial charge in [0.1, 0.15) is 5.69 Å². The monoisotopic (exact) mass is 305 g/mol. The van der Waals surface area contributed by atoms with Crippen LogP contribution in [0.3, 0.4) is 0 Å². The molecule has 0 aromatic carbocycles. The van der Waals surface area contributed by atoms with Gasteiger partial charge in [-0.15, -0.1) is 0 Å².